The molecule has 1 saturated heterocycles. The summed E-state index contributed by atoms with van der Waals surface area (Å²) < 4.78 is 7.77. The molecular weight excluding hydrogens is 631 g/mol. The highest BCUT2D eigenvalue weighted by molar-refractivity contribution is 6.31. The summed E-state index contributed by atoms with van der Waals surface area (Å²) in [6.07, 6.45) is 3.46. The van der Waals surface area contributed by atoms with Crippen LogP contribution in [0.4, 0.5) is 4.79 Å². The molecule has 6 rings (SSSR count). The molecule has 248 valence electrons. The van der Waals surface area contributed by atoms with E-state index in [9.17, 15) is 4.79 Å². The van der Waals surface area contributed by atoms with Gasteiger partial charge in [0.15, 0.2) is 0 Å². The highest BCUT2D eigenvalue weighted by Crippen LogP contribution is 2.33. The van der Waals surface area contributed by atoms with Crippen molar-refractivity contribution >= 4 is 29.2 Å². The van der Waals surface area contributed by atoms with E-state index in [4.69, 9.17) is 38.8 Å². The first kappa shape index (κ1) is 33.5. The quantitative estimate of drug-likeness (QED) is 0.209. The van der Waals surface area contributed by atoms with Crippen LogP contribution in [-0.2, 0) is 50.2 Å². The van der Waals surface area contributed by atoms with Gasteiger partial charge in [0.2, 0.25) is 0 Å². The number of fused-ring (bicyclic) bond motifs is 1. The Bertz CT molecular complexity index is 1660. The fraction of sp³-hybridized carbons (Fsp3) is 0.405. The van der Waals surface area contributed by atoms with Crippen molar-refractivity contribution < 1.29 is 14.8 Å². The van der Waals surface area contributed by atoms with Crippen LogP contribution in [0.3, 0.4) is 0 Å². The second-order valence-corrected chi connectivity index (χ2v) is 13.6. The summed E-state index contributed by atoms with van der Waals surface area (Å²) in [6, 6.07) is 23.1. The van der Waals surface area contributed by atoms with Crippen molar-refractivity contribution in [2.24, 2.45) is 5.73 Å². The molecule has 3 heterocycles. The van der Waals surface area contributed by atoms with Crippen LogP contribution in [0, 0.1) is 0 Å². The second kappa shape index (κ2) is 15.7. The molecule has 0 bridgehead atoms. The molecule has 47 heavy (non-hydrogen) atoms. The maximum absolute atomic E-state index is 12.1. The van der Waals surface area contributed by atoms with Gasteiger partial charge in [-0.05, 0) is 61.6 Å². The topological polar surface area (TPSA) is 93.2 Å². The van der Waals surface area contributed by atoms with Crippen molar-refractivity contribution in [3.63, 3.8) is 0 Å². The van der Waals surface area contributed by atoms with Gasteiger partial charge in [-0.15, -0.1) is 0 Å². The Hall–Kier alpha value is -3.40. The molecule has 4 aromatic rings. The summed E-state index contributed by atoms with van der Waals surface area (Å²) in [4.78, 5) is 16.3. The van der Waals surface area contributed by atoms with Crippen LogP contribution in [-0.4, -0.2) is 64.5 Å². The molecule has 10 heteroatoms. The van der Waals surface area contributed by atoms with E-state index >= 15 is 0 Å². The van der Waals surface area contributed by atoms with Gasteiger partial charge < -0.3 is 20.7 Å². The van der Waals surface area contributed by atoms with Crippen molar-refractivity contribution in [1.29, 1.82) is 0 Å². The van der Waals surface area contributed by atoms with E-state index in [0.717, 1.165) is 104 Å². The number of amides is 2. The summed E-state index contributed by atoms with van der Waals surface area (Å²) in [6.45, 7) is 9.55. The lowest BCUT2D eigenvalue weighted by atomic mass is 9.97. The number of aromatic nitrogens is 2. The van der Waals surface area contributed by atoms with Gasteiger partial charge >= 0.3 is 6.03 Å². The summed E-state index contributed by atoms with van der Waals surface area (Å²) in [5.74, 6) is 0. The Morgan fingerprint density at radius 1 is 0.957 bits per heavy atom. The molecule has 3 aromatic carbocycles. The third-order valence-corrected chi connectivity index (χ3v) is 10.1. The summed E-state index contributed by atoms with van der Waals surface area (Å²) in [5.41, 5.74) is 14.9. The van der Waals surface area contributed by atoms with Crippen molar-refractivity contribution in [3.05, 3.63) is 110 Å². The number of carbonyl (C=O) groups excluding carboxylic acids is 1. The molecule has 2 amide bonds. The number of benzene rings is 3. The lowest BCUT2D eigenvalue weighted by Crippen LogP contribution is -2.80. The summed E-state index contributed by atoms with van der Waals surface area (Å²) in [5, 5.41) is 8.97. The molecule has 1 atom stereocenters. The Kier molecular flexibility index (Phi) is 11.2. The average molecular weight is 677 g/mol. The number of primary amides is 1. The van der Waals surface area contributed by atoms with Gasteiger partial charge in [0.25, 0.3) is 0 Å². The SMILES string of the molecule is C[C@H]1COCCN1CCCn1nc(-c2ccc(Cl)c(CCc3ccc(C[NH2+]Cc4ccc(Cl)cc4)cc3)c2)c2c1CCN(C(N)=O)C2. The third kappa shape index (κ3) is 8.55. The van der Waals surface area contributed by atoms with Crippen LogP contribution in [0.15, 0.2) is 66.7 Å². The van der Waals surface area contributed by atoms with Crippen LogP contribution in [0.25, 0.3) is 11.3 Å². The largest absolute Gasteiger partial charge is 0.379 e. The number of nitrogens with zero attached hydrogens (tertiary/aromatic N) is 4. The zero-order chi connectivity index (χ0) is 32.8. The molecule has 0 unspecified atom stereocenters. The number of quaternary nitrogens is 1. The molecule has 1 aromatic heterocycles. The van der Waals surface area contributed by atoms with Gasteiger partial charge in [-0.1, -0.05) is 65.7 Å². The van der Waals surface area contributed by atoms with E-state index in [0.29, 0.717) is 19.1 Å². The maximum Gasteiger partial charge on any atom is 0.315 e. The number of halogens is 2. The van der Waals surface area contributed by atoms with Gasteiger partial charge in [0.05, 0.1) is 25.5 Å². The van der Waals surface area contributed by atoms with E-state index in [1.165, 1.54) is 22.4 Å². The van der Waals surface area contributed by atoms with Crippen LogP contribution in [0.5, 0.6) is 0 Å². The maximum atomic E-state index is 12.1. The predicted molar refractivity (Wildman–Crippen MR) is 187 cm³/mol. The first-order valence-electron chi connectivity index (χ1n) is 16.7. The van der Waals surface area contributed by atoms with Crippen LogP contribution < -0.4 is 11.1 Å². The van der Waals surface area contributed by atoms with Gasteiger partial charge in [-0.25, -0.2) is 4.79 Å². The number of morpholine rings is 1. The standard InChI is InChI=1S/C37H44Cl2N6O2/c1-26-25-47-20-19-43(26)16-2-17-45-35-15-18-44(37(40)46)24-33(35)36(42-45)31-11-14-34(39)30(21-31)10-7-27-3-5-28(6-4-27)22-41-23-29-8-12-32(38)13-9-29/h3-6,8-9,11-14,21,26,41H,2,7,10,15-20,22-25H2,1H3,(H2,40,46)/p+1/t26-/m0/s1. The predicted octanol–water partition coefficient (Wildman–Crippen LogP) is 5.45. The van der Waals surface area contributed by atoms with Crippen LogP contribution in [0.2, 0.25) is 10.0 Å². The first-order chi connectivity index (χ1) is 22.8. The molecule has 0 aliphatic carbocycles. The van der Waals surface area contributed by atoms with Gasteiger partial charge in [0, 0.05) is 76.6 Å². The summed E-state index contributed by atoms with van der Waals surface area (Å²) in [7, 11) is 0. The number of ether oxygens (including phenoxy) is 1. The third-order valence-electron chi connectivity index (χ3n) is 9.46. The fourth-order valence-corrected chi connectivity index (χ4v) is 7.01. The van der Waals surface area contributed by atoms with Gasteiger partial charge in [0.1, 0.15) is 13.1 Å². The molecule has 0 radical (unpaired) electrons. The Morgan fingerprint density at radius 2 is 1.68 bits per heavy atom. The minimum atomic E-state index is -0.391. The van der Waals surface area contributed by atoms with Crippen molar-refractivity contribution in [3.8, 4) is 11.3 Å². The Morgan fingerprint density at radius 3 is 2.40 bits per heavy atom. The number of hydrogen-bond acceptors (Lipinski definition) is 4. The van der Waals surface area contributed by atoms with E-state index in [2.05, 4.69) is 64.3 Å². The number of nitrogens with two attached hydrogens (primary N) is 2. The molecule has 8 nitrogen and oxygen atoms in total. The number of carbonyl (C=O) groups is 1. The minimum Gasteiger partial charge on any atom is -0.379 e. The van der Waals surface area contributed by atoms with Crippen LogP contribution >= 0.6 is 23.2 Å². The molecule has 2 aliphatic heterocycles. The van der Waals surface area contributed by atoms with Gasteiger partial charge in [-0.2, -0.15) is 5.10 Å². The average Bonchev–Trinajstić information content (AvgIpc) is 3.44. The van der Waals surface area contributed by atoms with Crippen LogP contribution in [0.1, 0.15) is 46.9 Å². The molecule has 2 aliphatic rings. The fourth-order valence-electron chi connectivity index (χ4n) is 6.67. The zero-order valence-corrected chi connectivity index (χ0v) is 28.6. The van der Waals surface area contributed by atoms with E-state index in [1.807, 2.05) is 24.3 Å². The Balaban J connectivity index is 1.11. The van der Waals surface area contributed by atoms with E-state index in [1.54, 1.807) is 4.90 Å². The van der Waals surface area contributed by atoms with Crippen molar-refractivity contribution in [1.82, 2.24) is 19.6 Å². The van der Waals surface area contributed by atoms with Crippen molar-refractivity contribution in [2.75, 3.05) is 32.8 Å². The van der Waals surface area contributed by atoms with E-state index in [-0.39, 0.29) is 0 Å². The molecule has 0 saturated carbocycles. The first-order valence-corrected chi connectivity index (χ1v) is 17.5. The molecular formula is C37H45Cl2N6O2+. The molecule has 1 fully saturated rings. The number of hydrogen-bond donors (Lipinski definition) is 2. The monoisotopic (exact) mass is 675 g/mol. The van der Waals surface area contributed by atoms with E-state index < -0.39 is 6.03 Å². The lowest BCUT2D eigenvalue weighted by molar-refractivity contribution is -0.686. The minimum absolute atomic E-state index is 0.391. The number of rotatable bonds is 12. The highest BCUT2D eigenvalue weighted by atomic mass is 35.5. The normalized spacial score (nSPS) is 16.7. The Labute approximate surface area is 287 Å². The number of aryl methyl sites for hydroxylation is 3. The lowest BCUT2D eigenvalue weighted by Gasteiger charge is -2.33. The van der Waals surface area contributed by atoms with Gasteiger partial charge in [-0.3, -0.25) is 9.58 Å². The highest BCUT2D eigenvalue weighted by Gasteiger charge is 2.28. The molecule has 0 spiro atoms. The molecule has 4 N–H and O–H groups in total. The smallest absolute Gasteiger partial charge is 0.315 e. The van der Waals surface area contributed by atoms with Crippen molar-refractivity contribution in [2.45, 2.75) is 64.8 Å². The zero-order valence-electron chi connectivity index (χ0n) is 27.1. The number of urea groups is 1. The second-order valence-electron chi connectivity index (χ2n) is 12.8. The summed E-state index contributed by atoms with van der Waals surface area (Å²) >= 11 is 12.7.